The minimum absolute atomic E-state index is 0.0262. The van der Waals surface area contributed by atoms with Crippen LogP contribution in [0.25, 0.3) is 0 Å². The van der Waals surface area contributed by atoms with E-state index in [0.717, 1.165) is 0 Å². The van der Waals surface area contributed by atoms with Crippen LogP contribution in [-0.2, 0) is 4.79 Å². The van der Waals surface area contributed by atoms with Gasteiger partial charge in [-0.3, -0.25) is 4.79 Å². The van der Waals surface area contributed by atoms with Gasteiger partial charge in [0.2, 0.25) is 5.91 Å². The summed E-state index contributed by atoms with van der Waals surface area (Å²) in [5.74, 6) is -0.446. The molecule has 6 heteroatoms. The molecule has 0 aromatic carbocycles. The Morgan fingerprint density at radius 1 is 1.62 bits per heavy atom. The normalized spacial score (nSPS) is 27.5. The Bertz CT molecular complexity index is 208. The van der Waals surface area contributed by atoms with E-state index in [9.17, 15) is 14.8 Å². The number of hydrogen-bond acceptors (Lipinski definition) is 4. The molecule has 1 amide bonds. The third kappa shape index (κ3) is 2.68. The van der Waals surface area contributed by atoms with E-state index >= 15 is 0 Å². The molecule has 4 N–H and O–H groups in total. The summed E-state index contributed by atoms with van der Waals surface area (Å²) in [6.45, 7) is 1.29. The van der Waals surface area contributed by atoms with Crippen molar-refractivity contribution in [1.29, 1.82) is 0 Å². The van der Waals surface area contributed by atoms with E-state index in [-0.39, 0.29) is 12.5 Å². The van der Waals surface area contributed by atoms with E-state index in [0.29, 0.717) is 12.3 Å². The molecule has 13 heavy (non-hydrogen) atoms. The van der Waals surface area contributed by atoms with Crippen LogP contribution in [0.2, 0.25) is 0 Å². The van der Waals surface area contributed by atoms with Crippen LogP contribution in [0, 0.1) is 5.92 Å². The summed E-state index contributed by atoms with van der Waals surface area (Å²) >= 11 is 0. The van der Waals surface area contributed by atoms with Crippen molar-refractivity contribution < 1.29 is 14.8 Å². The summed E-state index contributed by atoms with van der Waals surface area (Å²) in [6.07, 6.45) is 0.561. The molecular formula is C7H16BN2O3-. The zero-order valence-corrected chi connectivity index (χ0v) is 7.95. The van der Waals surface area contributed by atoms with Crippen molar-refractivity contribution in [1.82, 2.24) is 10.5 Å². The third-order valence-electron chi connectivity index (χ3n) is 2.20. The summed E-state index contributed by atoms with van der Waals surface area (Å²) in [4.78, 5) is 11.0. The molecule has 76 valence electrons. The lowest BCUT2D eigenvalue weighted by molar-refractivity contribution is -0.121. The van der Waals surface area contributed by atoms with Gasteiger partial charge in [-0.05, 0) is 11.9 Å². The molecule has 1 aliphatic rings. The van der Waals surface area contributed by atoms with Crippen molar-refractivity contribution >= 4 is 12.6 Å². The van der Waals surface area contributed by atoms with Crippen LogP contribution in [0.15, 0.2) is 0 Å². The smallest absolute Gasteiger partial charge is 0.332 e. The SMILES string of the molecule is CC(C)CC1NC(=O)CN[B-]1(O)O. The largest absolute Gasteiger partial charge is 0.569 e. The van der Waals surface area contributed by atoms with E-state index in [1.165, 1.54) is 0 Å². The van der Waals surface area contributed by atoms with E-state index in [4.69, 9.17) is 0 Å². The average molecular weight is 187 g/mol. The van der Waals surface area contributed by atoms with Crippen molar-refractivity contribution in [2.45, 2.75) is 26.2 Å². The van der Waals surface area contributed by atoms with Crippen molar-refractivity contribution in [2.75, 3.05) is 6.54 Å². The zero-order valence-electron chi connectivity index (χ0n) is 7.95. The lowest BCUT2D eigenvalue weighted by Crippen LogP contribution is -2.72. The molecule has 1 heterocycles. The van der Waals surface area contributed by atoms with Crippen molar-refractivity contribution in [2.24, 2.45) is 5.92 Å². The minimum atomic E-state index is -2.62. The zero-order chi connectivity index (χ0) is 10.1. The average Bonchev–Trinajstić information content (AvgIpc) is 1.97. The van der Waals surface area contributed by atoms with Crippen molar-refractivity contribution in [3.63, 3.8) is 0 Å². The second kappa shape index (κ2) is 3.65. The first-order valence-electron chi connectivity index (χ1n) is 4.56. The second-order valence-corrected chi connectivity index (χ2v) is 4.02. The first-order valence-corrected chi connectivity index (χ1v) is 4.56. The fourth-order valence-corrected chi connectivity index (χ4v) is 1.52. The van der Waals surface area contributed by atoms with Crippen LogP contribution in [0.1, 0.15) is 20.3 Å². The molecule has 0 aromatic rings. The van der Waals surface area contributed by atoms with E-state index in [1.54, 1.807) is 0 Å². The van der Waals surface area contributed by atoms with Gasteiger partial charge in [-0.15, -0.1) is 0 Å². The first kappa shape index (κ1) is 10.5. The molecule has 1 saturated heterocycles. The van der Waals surface area contributed by atoms with E-state index in [1.807, 2.05) is 13.8 Å². The Morgan fingerprint density at radius 2 is 2.23 bits per heavy atom. The molecule has 1 unspecified atom stereocenters. The van der Waals surface area contributed by atoms with Gasteiger partial charge in [-0.2, -0.15) is 0 Å². The number of hydrogen-bond donors (Lipinski definition) is 4. The molecule has 0 radical (unpaired) electrons. The maximum absolute atomic E-state index is 11.0. The van der Waals surface area contributed by atoms with Crippen molar-refractivity contribution in [3.05, 3.63) is 0 Å². The Hall–Kier alpha value is -0.585. The Labute approximate surface area is 77.5 Å². The lowest BCUT2D eigenvalue weighted by atomic mass is 9.60. The Morgan fingerprint density at radius 3 is 2.77 bits per heavy atom. The fourth-order valence-electron chi connectivity index (χ4n) is 1.52. The van der Waals surface area contributed by atoms with E-state index in [2.05, 4.69) is 10.5 Å². The maximum Gasteiger partial charge on any atom is 0.332 e. The molecule has 1 aliphatic heterocycles. The van der Waals surface area contributed by atoms with Crippen LogP contribution in [0.3, 0.4) is 0 Å². The highest BCUT2D eigenvalue weighted by Gasteiger charge is 2.35. The highest BCUT2D eigenvalue weighted by molar-refractivity contribution is 6.64. The standard InChI is InChI=1S/C7H16BN2O3/c1-5(2)3-6-8(12,13)9-4-7(11)10-6/h5-6,9,12-13H,3-4H2,1-2H3,(H,10,11)/q-1. The van der Waals surface area contributed by atoms with Gasteiger partial charge in [0.1, 0.15) is 0 Å². The van der Waals surface area contributed by atoms with Gasteiger partial charge >= 0.3 is 6.69 Å². The number of nitrogens with one attached hydrogen (secondary N) is 2. The van der Waals surface area contributed by atoms with Crippen molar-refractivity contribution in [3.8, 4) is 0 Å². The number of carbonyl (C=O) groups excluding carboxylic acids is 1. The molecule has 0 spiro atoms. The highest BCUT2D eigenvalue weighted by Crippen LogP contribution is 2.12. The molecule has 1 rings (SSSR count). The number of carbonyl (C=O) groups is 1. The molecule has 1 fully saturated rings. The van der Waals surface area contributed by atoms with Gasteiger partial charge in [-0.25, -0.2) is 0 Å². The molecule has 0 saturated carbocycles. The molecule has 5 nitrogen and oxygen atoms in total. The summed E-state index contributed by atoms with van der Waals surface area (Å²) in [7, 11) is 0. The van der Waals surface area contributed by atoms with Gasteiger partial charge in [-0.1, -0.05) is 20.3 Å². The third-order valence-corrected chi connectivity index (χ3v) is 2.20. The maximum atomic E-state index is 11.0. The predicted octanol–water partition coefficient (Wildman–Crippen LogP) is -1.42. The van der Waals surface area contributed by atoms with Gasteiger partial charge in [0.05, 0.1) is 0 Å². The lowest BCUT2D eigenvalue weighted by Gasteiger charge is -2.43. The molecule has 0 bridgehead atoms. The molecular weight excluding hydrogens is 171 g/mol. The van der Waals surface area contributed by atoms with Gasteiger partial charge in [0.25, 0.3) is 0 Å². The van der Waals surface area contributed by atoms with Crippen LogP contribution in [-0.4, -0.2) is 35.1 Å². The van der Waals surface area contributed by atoms with Crippen LogP contribution < -0.4 is 10.5 Å². The van der Waals surface area contributed by atoms with Crippen LogP contribution in [0.4, 0.5) is 0 Å². The summed E-state index contributed by atoms with van der Waals surface area (Å²) < 4.78 is 0. The van der Waals surface area contributed by atoms with Gasteiger partial charge in [0, 0.05) is 6.54 Å². The summed E-state index contributed by atoms with van der Waals surface area (Å²) in [5, 5.41) is 24.0. The molecule has 0 aromatic heterocycles. The quantitative estimate of drug-likeness (QED) is 0.400. The predicted molar refractivity (Wildman–Crippen MR) is 49.6 cm³/mol. The Balaban J connectivity index is 2.61. The van der Waals surface area contributed by atoms with Gasteiger partial charge < -0.3 is 20.6 Å². The number of amides is 1. The summed E-state index contributed by atoms with van der Waals surface area (Å²) in [6, 6.07) is 0. The first-order chi connectivity index (χ1) is 5.92. The van der Waals surface area contributed by atoms with Gasteiger partial charge in [0.15, 0.2) is 0 Å². The fraction of sp³-hybridized carbons (Fsp3) is 0.857. The van der Waals surface area contributed by atoms with Crippen LogP contribution in [0.5, 0.6) is 0 Å². The highest BCUT2D eigenvalue weighted by atomic mass is 16.4. The number of rotatable bonds is 2. The minimum Gasteiger partial charge on any atom is -0.569 e. The molecule has 1 atom stereocenters. The topological polar surface area (TPSA) is 81.6 Å². The molecule has 0 aliphatic carbocycles. The Kier molecular flexibility index (Phi) is 2.95. The second-order valence-electron chi connectivity index (χ2n) is 4.02. The monoisotopic (exact) mass is 187 g/mol. The van der Waals surface area contributed by atoms with E-state index < -0.39 is 12.6 Å². The summed E-state index contributed by atoms with van der Waals surface area (Å²) in [5.41, 5.74) is 0. The van der Waals surface area contributed by atoms with Crippen LogP contribution >= 0.6 is 0 Å².